The summed E-state index contributed by atoms with van der Waals surface area (Å²) in [5.74, 6) is 0. The van der Waals surface area contributed by atoms with Gasteiger partial charge in [0.2, 0.25) is 0 Å². The topological polar surface area (TPSA) is 58.6 Å². The first-order valence-corrected chi connectivity index (χ1v) is 7.91. The number of carbonyl (C=O) groups is 1. The maximum Gasteiger partial charge on any atom is 0.407 e. The van der Waals surface area contributed by atoms with Crippen molar-refractivity contribution in [2.45, 2.75) is 32.1 Å². The summed E-state index contributed by atoms with van der Waals surface area (Å²) in [6, 6.07) is 18.6. The summed E-state index contributed by atoms with van der Waals surface area (Å²) in [4.78, 5) is 12.1. The predicted molar refractivity (Wildman–Crippen MR) is 94.5 cm³/mol. The van der Waals surface area contributed by atoms with Crippen molar-refractivity contribution in [3.8, 4) is 0 Å². The van der Waals surface area contributed by atoms with Gasteiger partial charge in [0.05, 0.1) is 12.1 Å². The average molecular weight is 325 g/mol. The van der Waals surface area contributed by atoms with E-state index in [1.54, 1.807) is 6.92 Å². The first-order chi connectivity index (χ1) is 11.6. The zero-order valence-corrected chi connectivity index (χ0v) is 13.8. The van der Waals surface area contributed by atoms with Crippen LogP contribution in [-0.2, 0) is 17.8 Å². The molecule has 0 saturated carbocycles. The Morgan fingerprint density at radius 2 is 1.62 bits per heavy atom. The number of hydrogen-bond acceptors (Lipinski definition) is 3. The van der Waals surface area contributed by atoms with E-state index < -0.39 is 18.2 Å². The average Bonchev–Trinajstić information content (AvgIpc) is 2.60. The summed E-state index contributed by atoms with van der Waals surface area (Å²) >= 11 is 0. The minimum atomic E-state index is -0.838. The van der Waals surface area contributed by atoms with Gasteiger partial charge in [0, 0.05) is 0 Å². The van der Waals surface area contributed by atoms with Crippen LogP contribution in [0.25, 0.3) is 0 Å². The van der Waals surface area contributed by atoms with Gasteiger partial charge in [-0.05, 0) is 24.5 Å². The molecular formula is C20H23NO3. The third-order valence-electron chi connectivity index (χ3n) is 3.70. The number of benzene rings is 2. The fraction of sp³-hybridized carbons (Fsp3) is 0.250. The van der Waals surface area contributed by atoms with Crippen molar-refractivity contribution >= 4 is 6.09 Å². The second-order valence-electron chi connectivity index (χ2n) is 5.79. The molecule has 2 N–H and O–H groups in total. The fourth-order valence-electron chi connectivity index (χ4n) is 2.37. The highest BCUT2D eigenvalue weighted by atomic mass is 16.5. The molecule has 0 aliphatic heterocycles. The van der Waals surface area contributed by atoms with E-state index in [0.29, 0.717) is 12.0 Å². The van der Waals surface area contributed by atoms with Crippen molar-refractivity contribution in [2.75, 3.05) is 0 Å². The van der Waals surface area contributed by atoms with Gasteiger partial charge in [0.1, 0.15) is 6.61 Å². The van der Waals surface area contributed by atoms with Crippen molar-refractivity contribution in [2.24, 2.45) is 0 Å². The van der Waals surface area contributed by atoms with E-state index >= 15 is 0 Å². The highest BCUT2D eigenvalue weighted by molar-refractivity contribution is 5.67. The number of aliphatic hydroxyl groups is 1. The third-order valence-corrected chi connectivity index (χ3v) is 3.70. The zero-order valence-electron chi connectivity index (χ0n) is 13.8. The van der Waals surface area contributed by atoms with Crippen LogP contribution in [0, 0.1) is 0 Å². The molecule has 2 aromatic carbocycles. The molecule has 0 saturated heterocycles. The largest absolute Gasteiger partial charge is 0.445 e. The third kappa shape index (κ3) is 5.56. The molecule has 0 heterocycles. The summed E-state index contributed by atoms with van der Waals surface area (Å²) < 4.78 is 5.24. The Hall–Kier alpha value is -2.59. The number of rotatable bonds is 7. The van der Waals surface area contributed by atoms with Crippen molar-refractivity contribution in [3.63, 3.8) is 0 Å². The van der Waals surface area contributed by atoms with Crippen LogP contribution in [-0.4, -0.2) is 23.3 Å². The lowest BCUT2D eigenvalue weighted by Crippen LogP contribution is -2.45. The second kappa shape index (κ2) is 8.89. The number of amides is 1. The summed E-state index contributed by atoms with van der Waals surface area (Å²) in [6.07, 6.45) is -0.899. The van der Waals surface area contributed by atoms with E-state index in [1.807, 2.05) is 60.7 Å². The van der Waals surface area contributed by atoms with Gasteiger partial charge in [-0.2, -0.15) is 0 Å². The molecule has 0 aliphatic carbocycles. The minimum absolute atomic E-state index is 0.188. The van der Waals surface area contributed by atoms with Crippen molar-refractivity contribution in [1.82, 2.24) is 5.32 Å². The van der Waals surface area contributed by atoms with E-state index in [0.717, 1.165) is 11.1 Å². The molecule has 0 bridgehead atoms. The minimum Gasteiger partial charge on any atom is -0.445 e. The van der Waals surface area contributed by atoms with Gasteiger partial charge in [-0.25, -0.2) is 4.79 Å². The first-order valence-electron chi connectivity index (χ1n) is 7.91. The lowest BCUT2D eigenvalue weighted by molar-refractivity contribution is 0.115. The van der Waals surface area contributed by atoms with Crippen LogP contribution < -0.4 is 5.32 Å². The Balaban J connectivity index is 1.96. The summed E-state index contributed by atoms with van der Waals surface area (Å²) in [7, 11) is 0. The molecule has 4 heteroatoms. The highest BCUT2D eigenvalue weighted by Gasteiger charge is 2.23. The molecule has 0 fully saturated rings. The quantitative estimate of drug-likeness (QED) is 0.767. The smallest absolute Gasteiger partial charge is 0.407 e. The van der Waals surface area contributed by atoms with Gasteiger partial charge in [-0.15, -0.1) is 0 Å². The van der Waals surface area contributed by atoms with Gasteiger partial charge in [-0.3, -0.25) is 0 Å². The number of alkyl carbamates (subject to hydrolysis) is 1. The van der Waals surface area contributed by atoms with E-state index in [2.05, 4.69) is 11.9 Å². The lowest BCUT2D eigenvalue weighted by Gasteiger charge is -2.24. The van der Waals surface area contributed by atoms with Gasteiger partial charge >= 0.3 is 6.09 Å². The lowest BCUT2D eigenvalue weighted by atomic mass is 9.98. The standard InChI is InChI=1S/C20H23NO3/c1-15(2)19(22)18(13-16-9-5-3-6-10-16)21-20(23)24-14-17-11-7-4-8-12-17/h3-12,18-19,22H,1,13-14H2,2H3,(H,21,23)/t18?,19-/m1/s1. The molecule has 126 valence electrons. The number of ether oxygens (including phenoxy) is 1. The molecule has 2 rings (SSSR count). The van der Waals surface area contributed by atoms with E-state index in [9.17, 15) is 9.90 Å². The van der Waals surface area contributed by atoms with Gasteiger partial charge < -0.3 is 15.2 Å². The van der Waals surface area contributed by atoms with Crippen LogP contribution in [0.1, 0.15) is 18.1 Å². The highest BCUT2D eigenvalue weighted by Crippen LogP contribution is 2.11. The Labute approximate surface area is 142 Å². The van der Waals surface area contributed by atoms with Crippen LogP contribution >= 0.6 is 0 Å². The molecule has 2 atom stereocenters. The molecule has 24 heavy (non-hydrogen) atoms. The fourth-order valence-corrected chi connectivity index (χ4v) is 2.37. The Bertz CT molecular complexity index is 655. The van der Waals surface area contributed by atoms with Crippen molar-refractivity contribution in [3.05, 3.63) is 83.9 Å². The molecule has 0 aliphatic rings. The van der Waals surface area contributed by atoms with E-state index in [-0.39, 0.29) is 6.61 Å². The number of carbonyl (C=O) groups excluding carboxylic acids is 1. The number of hydrogen-bond donors (Lipinski definition) is 2. The van der Waals surface area contributed by atoms with Crippen LogP contribution in [0.5, 0.6) is 0 Å². The molecule has 0 spiro atoms. The summed E-state index contributed by atoms with van der Waals surface area (Å²) in [5.41, 5.74) is 2.53. The molecule has 1 amide bonds. The number of aliphatic hydroxyl groups excluding tert-OH is 1. The SMILES string of the molecule is C=C(C)[C@@H](O)C(Cc1ccccc1)NC(=O)OCc1ccccc1. The van der Waals surface area contributed by atoms with E-state index in [1.165, 1.54) is 0 Å². The van der Waals surface area contributed by atoms with Crippen LogP contribution in [0.2, 0.25) is 0 Å². The normalized spacial score (nSPS) is 12.9. The summed E-state index contributed by atoms with van der Waals surface area (Å²) in [5, 5.41) is 13.1. The first kappa shape index (κ1) is 17.8. The van der Waals surface area contributed by atoms with Crippen molar-refractivity contribution < 1.29 is 14.6 Å². The van der Waals surface area contributed by atoms with E-state index in [4.69, 9.17) is 4.74 Å². The maximum atomic E-state index is 12.1. The number of nitrogens with one attached hydrogen (secondary N) is 1. The van der Waals surface area contributed by atoms with Crippen LogP contribution in [0.4, 0.5) is 4.79 Å². The molecule has 1 unspecified atom stereocenters. The van der Waals surface area contributed by atoms with Crippen molar-refractivity contribution in [1.29, 1.82) is 0 Å². The maximum absolute atomic E-state index is 12.1. The van der Waals surface area contributed by atoms with Crippen LogP contribution in [0.3, 0.4) is 0 Å². The van der Waals surface area contributed by atoms with Gasteiger partial charge in [-0.1, -0.05) is 72.8 Å². The molecule has 0 radical (unpaired) electrons. The van der Waals surface area contributed by atoms with Crippen LogP contribution in [0.15, 0.2) is 72.8 Å². The zero-order chi connectivity index (χ0) is 17.4. The Morgan fingerprint density at radius 3 is 2.17 bits per heavy atom. The molecule has 0 aromatic heterocycles. The molecular weight excluding hydrogens is 302 g/mol. The Morgan fingerprint density at radius 1 is 1.08 bits per heavy atom. The predicted octanol–water partition coefficient (Wildman–Crippen LogP) is 3.46. The monoisotopic (exact) mass is 325 g/mol. The molecule has 4 nitrogen and oxygen atoms in total. The van der Waals surface area contributed by atoms with Gasteiger partial charge in [0.25, 0.3) is 0 Å². The summed E-state index contributed by atoms with van der Waals surface area (Å²) in [6.45, 7) is 5.70. The second-order valence-corrected chi connectivity index (χ2v) is 5.79. The Kier molecular flexibility index (Phi) is 6.58. The van der Waals surface area contributed by atoms with Gasteiger partial charge in [0.15, 0.2) is 0 Å². The molecule has 2 aromatic rings.